The third-order valence-corrected chi connectivity index (χ3v) is 2.81. The van der Waals surface area contributed by atoms with Gasteiger partial charge in [-0.3, -0.25) is 4.79 Å². The van der Waals surface area contributed by atoms with E-state index in [0.717, 1.165) is 30.7 Å². The maximum absolute atomic E-state index is 12.0. The molecule has 0 spiro atoms. The largest absolute Gasteiger partial charge is 0.496 e. The highest BCUT2D eigenvalue weighted by Crippen LogP contribution is 2.18. The van der Waals surface area contributed by atoms with E-state index in [4.69, 9.17) is 4.74 Å². The maximum Gasteiger partial charge on any atom is 0.226 e. The van der Waals surface area contributed by atoms with Gasteiger partial charge in [0, 0.05) is 19.2 Å². The number of hydrogen-bond donors (Lipinski definition) is 0. The highest BCUT2D eigenvalue weighted by molar-refractivity contribution is 5.79. The van der Waals surface area contributed by atoms with Crippen molar-refractivity contribution >= 4 is 5.91 Å². The number of unbranched alkanes of at least 4 members (excludes halogenated alkanes) is 1. The lowest BCUT2D eigenvalue weighted by molar-refractivity contribution is -0.129. The van der Waals surface area contributed by atoms with Crippen LogP contribution in [0.15, 0.2) is 24.3 Å². The van der Waals surface area contributed by atoms with Gasteiger partial charge in [0.2, 0.25) is 5.91 Å². The average molecular weight is 235 g/mol. The van der Waals surface area contributed by atoms with Crippen LogP contribution in [0, 0.1) is 0 Å². The quantitative estimate of drug-likeness (QED) is 0.758. The smallest absolute Gasteiger partial charge is 0.226 e. The van der Waals surface area contributed by atoms with E-state index in [2.05, 4.69) is 6.92 Å². The monoisotopic (exact) mass is 235 g/mol. The fourth-order valence-electron chi connectivity index (χ4n) is 1.67. The van der Waals surface area contributed by atoms with Crippen molar-refractivity contribution < 1.29 is 9.53 Å². The molecule has 0 fully saturated rings. The summed E-state index contributed by atoms with van der Waals surface area (Å²) >= 11 is 0. The zero-order chi connectivity index (χ0) is 12.7. The molecule has 0 saturated carbocycles. The van der Waals surface area contributed by atoms with E-state index in [9.17, 15) is 4.79 Å². The topological polar surface area (TPSA) is 29.5 Å². The molecule has 0 heterocycles. The summed E-state index contributed by atoms with van der Waals surface area (Å²) in [6.07, 6.45) is 2.56. The molecule has 0 aromatic heterocycles. The summed E-state index contributed by atoms with van der Waals surface area (Å²) in [6.45, 7) is 2.95. The second-order valence-electron chi connectivity index (χ2n) is 4.16. The molecular formula is C14H21NO2. The lowest BCUT2D eigenvalue weighted by atomic mass is 10.1. The van der Waals surface area contributed by atoms with Crippen molar-refractivity contribution in [2.45, 2.75) is 26.2 Å². The third kappa shape index (κ3) is 4.10. The summed E-state index contributed by atoms with van der Waals surface area (Å²) in [6, 6.07) is 7.66. The number of carbonyl (C=O) groups excluding carboxylic acids is 1. The number of likely N-dealkylation sites (N-methyl/N-ethyl adjacent to an activating group) is 1. The molecule has 0 aliphatic carbocycles. The Bertz CT molecular complexity index is 363. The Morgan fingerprint density at radius 1 is 1.35 bits per heavy atom. The van der Waals surface area contributed by atoms with Crippen molar-refractivity contribution in [1.29, 1.82) is 0 Å². The van der Waals surface area contributed by atoms with Gasteiger partial charge in [0.15, 0.2) is 0 Å². The molecule has 0 radical (unpaired) electrons. The number of para-hydroxylation sites is 1. The lowest BCUT2D eigenvalue weighted by Crippen LogP contribution is -2.29. The molecule has 1 amide bonds. The van der Waals surface area contributed by atoms with E-state index in [1.165, 1.54) is 0 Å². The zero-order valence-electron chi connectivity index (χ0n) is 10.9. The zero-order valence-corrected chi connectivity index (χ0v) is 10.9. The van der Waals surface area contributed by atoms with Crippen LogP contribution in [0.2, 0.25) is 0 Å². The first kappa shape index (κ1) is 13.6. The molecular weight excluding hydrogens is 214 g/mol. The van der Waals surface area contributed by atoms with Gasteiger partial charge in [-0.05, 0) is 12.5 Å². The molecule has 0 atom stereocenters. The van der Waals surface area contributed by atoms with Gasteiger partial charge in [-0.1, -0.05) is 31.5 Å². The molecule has 0 aliphatic heterocycles. The Morgan fingerprint density at radius 3 is 2.71 bits per heavy atom. The molecule has 3 heteroatoms. The number of carbonyl (C=O) groups is 1. The van der Waals surface area contributed by atoms with Crippen LogP contribution in [0.25, 0.3) is 0 Å². The predicted octanol–water partition coefficient (Wildman–Crippen LogP) is 2.50. The standard InChI is InChI=1S/C14H21NO2/c1-4-5-10-15(2)14(16)11-12-8-6-7-9-13(12)17-3/h6-9H,4-5,10-11H2,1-3H3. The Hall–Kier alpha value is -1.51. The summed E-state index contributed by atoms with van der Waals surface area (Å²) in [5.41, 5.74) is 0.948. The van der Waals surface area contributed by atoms with Crippen molar-refractivity contribution in [2.75, 3.05) is 20.7 Å². The van der Waals surface area contributed by atoms with E-state index in [-0.39, 0.29) is 5.91 Å². The Balaban J connectivity index is 2.61. The van der Waals surface area contributed by atoms with Gasteiger partial charge < -0.3 is 9.64 Å². The predicted molar refractivity (Wildman–Crippen MR) is 69.2 cm³/mol. The van der Waals surface area contributed by atoms with Gasteiger partial charge in [0.25, 0.3) is 0 Å². The number of benzene rings is 1. The van der Waals surface area contributed by atoms with Crippen molar-refractivity contribution in [3.05, 3.63) is 29.8 Å². The highest BCUT2D eigenvalue weighted by atomic mass is 16.5. The van der Waals surface area contributed by atoms with E-state index in [1.807, 2.05) is 31.3 Å². The molecule has 1 aromatic rings. The van der Waals surface area contributed by atoms with Gasteiger partial charge >= 0.3 is 0 Å². The SMILES string of the molecule is CCCCN(C)C(=O)Cc1ccccc1OC. The molecule has 0 bridgehead atoms. The molecule has 3 nitrogen and oxygen atoms in total. The van der Waals surface area contributed by atoms with Crippen LogP contribution >= 0.6 is 0 Å². The van der Waals surface area contributed by atoms with Gasteiger partial charge in [-0.25, -0.2) is 0 Å². The number of amides is 1. The number of hydrogen-bond acceptors (Lipinski definition) is 2. The Labute approximate surface area is 103 Å². The summed E-state index contributed by atoms with van der Waals surface area (Å²) in [5.74, 6) is 0.924. The van der Waals surface area contributed by atoms with Crippen LogP contribution in [0.5, 0.6) is 5.75 Å². The normalized spacial score (nSPS) is 10.1. The number of ether oxygens (including phenoxy) is 1. The first-order valence-electron chi connectivity index (χ1n) is 6.05. The van der Waals surface area contributed by atoms with E-state index >= 15 is 0 Å². The summed E-state index contributed by atoms with van der Waals surface area (Å²) in [4.78, 5) is 13.7. The van der Waals surface area contributed by atoms with Crippen molar-refractivity contribution in [3.63, 3.8) is 0 Å². The summed E-state index contributed by atoms with van der Waals surface area (Å²) in [7, 11) is 3.48. The lowest BCUT2D eigenvalue weighted by Gasteiger charge is -2.17. The molecule has 0 aliphatic rings. The summed E-state index contributed by atoms with van der Waals surface area (Å²) < 4.78 is 5.24. The molecule has 0 N–H and O–H groups in total. The molecule has 0 saturated heterocycles. The van der Waals surface area contributed by atoms with Crippen molar-refractivity contribution in [3.8, 4) is 5.75 Å². The van der Waals surface area contributed by atoms with Gasteiger partial charge in [-0.15, -0.1) is 0 Å². The molecule has 17 heavy (non-hydrogen) atoms. The maximum atomic E-state index is 12.0. The van der Waals surface area contributed by atoms with Gasteiger partial charge in [0.05, 0.1) is 13.5 Å². The van der Waals surface area contributed by atoms with Crippen LogP contribution in [-0.2, 0) is 11.2 Å². The first-order chi connectivity index (χ1) is 8.19. The summed E-state index contributed by atoms with van der Waals surface area (Å²) in [5, 5.41) is 0. The Morgan fingerprint density at radius 2 is 2.06 bits per heavy atom. The fourth-order valence-corrected chi connectivity index (χ4v) is 1.67. The second-order valence-corrected chi connectivity index (χ2v) is 4.16. The van der Waals surface area contributed by atoms with E-state index in [1.54, 1.807) is 12.0 Å². The molecule has 1 aromatic carbocycles. The molecule has 1 rings (SSSR count). The van der Waals surface area contributed by atoms with E-state index in [0.29, 0.717) is 6.42 Å². The van der Waals surface area contributed by atoms with Gasteiger partial charge in [0.1, 0.15) is 5.75 Å². The minimum Gasteiger partial charge on any atom is -0.496 e. The van der Waals surface area contributed by atoms with E-state index < -0.39 is 0 Å². The molecule has 94 valence electrons. The Kier molecular flexibility index (Phi) is 5.53. The minimum atomic E-state index is 0.142. The third-order valence-electron chi connectivity index (χ3n) is 2.81. The fraction of sp³-hybridized carbons (Fsp3) is 0.500. The highest BCUT2D eigenvalue weighted by Gasteiger charge is 2.11. The van der Waals surface area contributed by atoms with Crippen molar-refractivity contribution in [1.82, 2.24) is 4.90 Å². The van der Waals surface area contributed by atoms with Crippen LogP contribution < -0.4 is 4.74 Å². The van der Waals surface area contributed by atoms with Crippen molar-refractivity contribution in [2.24, 2.45) is 0 Å². The second kappa shape index (κ2) is 6.94. The molecule has 0 unspecified atom stereocenters. The number of nitrogens with zero attached hydrogens (tertiary/aromatic N) is 1. The number of rotatable bonds is 6. The van der Waals surface area contributed by atoms with Crippen LogP contribution in [0.4, 0.5) is 0 Å². The number of methoxy groups -OCH3 is 1. The average Bonchev–Trinajstić information content (AvgIpc) is 2.36. The van der Waals surface area contributed by atoms with Crippen LogP contribution in [-0.4, -0.2) is 31.5 Å². The first-order valence-corrected chi connectivity index (χ1v) is 6.05. The van der Waals surface area contributed by atoms with Crippen LogP contribution in [0.3, 0.4) is 0 Å². The van der Waals surface area contributed by atoms with Gasteiger partial charge in [-0.2, -0.15) is 0 Å². The minimum absolute atomic E-state index is 0.142. The van der Waals surface area contributed by atoms with Crippen LogP contribution in [0.1, 0.15) is 25.3 Å².